The van der Waals surface area contributed by atoms with E-state index in [9.17, 15) is 4.79 Å². The van der Waals surface area contributed by atoms with Gasteiger partial charge in [0.1, 0.15) is 0 Å². The van der Waals surface area contributed by atoms with Crippen LogP contribution in [0.3, 0.4) is 0 Å². The molecule has 0 aromatic heterocycles. The van der Waals surface area contributed by atoms with Crippen LogP contribution >= 0.6 is 24.0 Å². The van der Waals surface area contributed by atoms with Crippen LogP contribution in [0.5, 0.6) is 0 Å². The highest BCUT2D eigenvalue weighted by atomic mass is 127. The third-order valence-electron chi connectivity index (χ3n) is 5.45. The van der Waals surface area contributed by atoms with Crippen LogP contribution in [-0.4, -0.2) is 56.5 Å². The Labute approximate surface area is 179 Å². The topological polar surface area (TPSA) is 68.8 Å². The van der Waals surface area contributed by atoms with Crippen LogP contribution in [0.1, 0.15) is 37.7 Å². The zero-order valence-corrected chi connectivity index (χ0v) is 18.7. The number of likely N-dealkylation sites (tertiary alicyclic amines) is 1. The number of guanidine groups is 1. The Morgan fingerprint density at radius 1 is 1.30 bits per heavy atom. The van der Waals surface area contributed by atoms with Gasteiger partial charge >= 0.3 is 0 Å². The third kappa shape index (κ3) is 6.07. The second-order valence-electron chi connectivity index (χ2n) is 7.27. The highest BCUT2D eigenvalue weighted by Crippen LogP contribution is 2.31. The van der Waals surface area contributed by atoms with E-state index in [0.717, 1.165) is 31.3 Å². The molecule has 150 valence electrons. The van der Waals surface area contributed by atoms with Crippen molar-refractivity contribution in [1.82, 2.24) is 15.5 Å². The minimum Gasteiger partial charge on any atom is -0.356 e. The number of benzene rings is 1. The number of nitrogens with zero attached hydrogens (tertiary/aromatic N) is 2. The van der Waals surface area contributed by atoms with Crippen LogP contribution in [0.25, 0.3) is 0 Å². The average Bonchev–Trinajstić information content (AvgIpc) is 2.68. The Bertz CT molecular complexity index is 651. The highest BCUT2D eigenvalue weighted by molar-refractivity contribution is 14.0. The lowest BCUT2D eigenvalue weighted by molar-refractivity contribution is -0.116. The number of carbonyl (C=O) groups excluding carboxylic acids is 1. The maximum absolute atomic E-state index is 12.0. The second kappa shape index (κ2) is 10.8. The molecule has 0 bridgehead atoms. The molecular weight excluding hydrogens is 453 g/mol. The lowest BCUT2D eigenvalue weighted by Crippen LogP contribution is -2.45. The summed E-state index contributed by atoms with van der Waals surface area (Å²) < 4.78 is 0. The van der Waals surface area contributed by atoms with Crippen LogP contribution in [0, 0.1) is 5.92 Å². The predicted molar refractivity (Wildman–Crippen MR) is 122 cm³/mol. The molecule has 1 aromatic carbocycles. The van der Waals surface area contributed by atoms with Crippen LogP contribution in [0.4, 0.5) is 5.69 Å². The number of halogens is 1. The van der Waals surface area contributed by atoms with Gasteiger partial charge in [-0.3, -0.25) is 9.79 Å². The van der Waals surface area contributed by atoms with E-state index >= 15 is 0 Å². The first-order valence-corrected chi connectivity index (χ1v) is 9.75. The van der Waals surface area contributed by atoms with Crippen molar-refractivity contribution in [3.63, 3.8) is 0 Å². The number of para-hydroxylation sites is 1. The first-order chi connectivity index (χ1) is 12.7. The average molecular weight is 485 g/mol. The SMILES string of the molecule is CCN1CCCC(CNC(=NC)NCC2CC(=O)Nc3ccccc32)C1.I. The van der Waals surface area contributed by atoms with E-state index in [1.54, 1.807) is 7.05 Å². The van der Waals surface area contributed by atoms with E-state index in [4.69, 9.17) is 0 Å². The molecule has 2 atom stereocenters. The molecule has 6 nitrogen and oxygen atoms in total. The summed E-state index contributed by atoms with van der Waals surface area (Å²) in [6.45, 7) is 7.40. The van der Waals surface area contributed by atoms with Crippen LogP contribution in [0.2, 0.25) is 0 Å². The van der Waals surface area contributed by atoms with Crippen molar-refractivity contribution in [2.75, 3.05) is 45.1 Å². The van der Waals surface area contributed by atoms with Crippen molar-refractivity contribution >= 4 is 41.5 Å². The molecule has 0 spiro atoms. The van der Waals surface area contributed by atoms with Crippen molar-refractivity contribution in [3.05, 3.63) is 29.8 Å². The lowest BCUT2D eigenvalue weighted by Gasteiger charge is -2.32. The number of nitrogens with one attached hydrogen (secondary N) is 3. The number of rotatable bonds is 5. The molecule has 2 unspecified atom stereocenters. The number of hydrogen-bond donors (Lipinski definition) is 3. The van der Waals surface area contributed by atoms with Crippen LogP contribution in [0.15, 0.2) is 29.3 Å². The van der Waals surface area contributed by atoms with Crippen molar-refractivity contribution in [1.29, 1.82) is 0 Å². The number of aliphatic imine (C=N–C) groups is 1. The predicted octanol–water partition coefficient (Wildman–Crippen LogP) is 2.63. The maximum Gasteiger partial charge on any atom is 0.225 e. The summed E-state index contributed by atoms with van der Waals surface area (Å²) >= 11 is 0. The van der Waals surface area contributed by atoms with Gasteiger partial charge in [-0.25, -0.2) is 0 Å². The van der Waals surface area contributed by atoms with Gasteiger partial charge in [0, 0.05) is 44.7 Å². The summed E-state index contributed by atoms with van der Waals surface area (Å²) in [5.41, 5.74) is 2.13. The molecule has 1 aromatic rings. The summed E-state index contributed by atoms with van der Waals surface area (Å²) in [4.78, 5) is 18.8. The Morgan fingerprint density at radius 3 is 2.85 bits per heavy atom. The first kappa shape index (κ1) is 21.9. The van der Waals surface area contributed by atoms with E-state index in [0.29, 0.717) is 18.9 Å². The molecule has 2 heterocycles. The largest absolute Gasteiger partial charge is 0.356 e. The molecule has 0 aliphatic carbocycles. The summed E-state index contributed by atoms with van der Waals surface area (Å²) in [7, 11) is 1.80. The minimum absolute atomic E-state index is 0. The number of piperidine rings is 1. The molecule has 1 saturated heterocycles. The fourth-order valence-corrected chi connectivity index (χ4v) is 3.97. The molecule has 2 aliphatic heterocycles. The summed E-state index contributed by atoms with van der Waals surface area (Å²) in [6, 6.07) is 8.05. The molecule has 27 heavy (non-hydrogen) atoms. The Balaban J connectivity index is 0.00000261. The minimum atomic E-state index is 0. The summed E-state index contributed by atoms with van der Waals surface area (Å²) in [6.07, 6.45) is 3.06. The Hall–Kier alpha value is -1.35. The van der Waals surface area contributed by atoms with Crippen LogP contribution < -0.4 is 16.0 Å². The lowest BCUT2D eigenvalue weighted by atomic mass is 9.90. The van der Waals surface area contributed by atoms with Crippen molar-refractivity contribution in [3.8, 4) is 0 Å². The first-order valence-electron chi connectivity index (χ1n) is 9.75. The number of fused-ring (bicyclic) bond motifs is 1. The zero-order chi connectivity index (χ0) is 18.4. The van der Waals surface area contributed by atoms with E-state index in [1.807, 2.05) is 18.2 Å². The second-order valence-corrected chi connectivity index (χ2v) is 7.27. The van der Waals surface area contributed by atoms with Crippen LogP contribution in [-0.2, 0) is 4.79 Å². The number of amides is 1. The monoisotopic (exact) mass is 485 g/mol. The van der Waals surface area contributed by atoms with Gasteiger partial charge in [0.25, 0.3) is 0 Å². The molecule has 2 aliphatic rings. The molecule has 0 radical (unpaired) electrons. The number of anilines is 1. The molecule has 1 amide bonds. The number of hydrogen-bond acceptors (Lipinski definition) is 3. The van der Waals surface area contributed by atoms with Crippen molar-refractivity contribution < 1.29 is 4.79 Å². The fraction of sp³-hybridized carbons (Fsp3) is 0.600. The van der Waals surface area contributed by atoms with Gasteiger partial charge in [-0.1, -0.05) is 25.1 Å². The molecule has 1 fully saturated rings. The fourth-order valence-electron chi connectivity index (χ4n) is 3.97. The molecule has 3 rings (SSSR count). The van der Waals surface area contributed by atoms with Crippen molar-refractivity contribution in [2.24, 2.45) is 10.9 Å². The Morgan fingerprint density at radius 2 is 2.07 bits per heavy atom. The van der Waals surface area contributed by atoms with Gasteiger partial charge in [0.15, 0.2) is 5.96 Å². The van der Waals surface area contributed by atoms with Gasteiger partial charge < -0.3 is 20.9 Å². The van der Waals surface area contributed by atoms with Gasteiger partial charge in [-0.05, 0) is 43.5 Å². The highest BCUT2D eigenvalue weighted by Gasteiger charge is 2.25. The van der Waals surface area contributed by atoms with Gasteiger partial charge in [0.05, 0.1) is 0 Å². The van der Waals surface area contributed by atoms with E-state index < -0.39 is 0 Å². The van der Waals surface area contributed by atoms with Gasteiger partial charge in [-0.15, -0.1) is 24.0 Å². The molecule has 3 N–H and O–H groups in total. The van der Waals surface area contributed by atoms with Gasteiger partial charge in [0.2, 0.25) is 5.91 Å². The van der Waals surface area contributed by atoms with E-state index in [2.05, 4.69) is 38.8 Å². The third-order valence-corrected chi connectivity index (χ3v) is 5.45. The summed E-state index contributed by atoms with van der Waals surface area (Å²) in [5, 5.41) is 9.83. The quantitative estimate of drug-likeness (QED) is 0.341. The smallest absolute Gasteiger partial charge is 0.225 e. The Kier molecular flexibility index (Phi) is 8.82. The zero-order valence-electron chi connectivity index (χ0n) is 16.3. The van der Waals surface area contributed by atoms with E-state index in [-0.39, 0.29) is 35.8 Å². The summed E-state index contributed by atoms with van der Waals surface area (Å²) in [5.74, 6) is 1.74. The number of carbonyl (C=O) groups is 1. The van der Waals surface area contributed by atoms with Gasteiger partial charge in [-0.2, -0.15) is 0 Å². The maximum atomic E-state index is 12.0. The van der Waals surface area contributed by atoms with E-state index in [1.165, 1.54) is 24.9 Å². The molecular formula is C20H32IN5O. The molecule has 0 saturated carbocycles. The normalized spacial score (nSPS) is 23.0. The van der Waals surface area contributed by atoms with Crippen molar-refractivity contribution in [2.45, 2.75) is 32.1 Å². The molecule has 7 heteroatoms. The standard InChI is InChI=1S/C20H31N5O.HI/c1-3-25-10-6-7-15(14-25)12-22-20(21-2)23-13-16-11-19(26)24-18-9-5-4-8-17(16)18;/h4-5,8-9,15-16H,3,6-7,10-14H2,1-2H3,(H,24,26)(H2,21,22,23);1H.